The Bertz CT molecular complexity index is 850. The van der Waals surface area contributed by atoms with Gasteiger partial charge in [0.1, 0.15) is 5.02 Å². The summed E-state index contributed by atoms with van der Waals surface area (Å²) < 4.78 is 0. The van der Waals surface area contributed by atoms with Crippen molar-refractivity contribution in [2.45, 2.75) is 20.8 Å². The SMILES string of the molecule is CC(=NNC(=O)c1nc(Cl)c(Cl)c(N)c1Cl)c1ccc(C)c(C)c1. The van der Waals surface area contributed by atoms with Gasteiger partial charge < -0.3 is 5.73 Å². The highest BCUT2D eigenvalue weighted by Crippen LogP contribution is 2.34. The van der Waals surface area contributed by atoms with Gasteiger partial charge in [-0.05, 0) is 43.5 Å². The summed E-state index contributed by atoms with van der Waals surface area (Å²) in [5.41, 5.74) is 11.8. The van der Waals surface area contributed by atoms with E-state index in [2.05, 4.69) is 15.5 Å². The van der Waals surface area contributed by atoms with Gasteiger partial charge in [0.15, 0.2) is 10.8 Å². The zero-order valence-electron chi connectivity index (χ0n) is 13.2. The zero-order chi connectivity index (χ0) is 18.0. The van der Waals surface area contributed by atoms with E-state index in [1.807, 2.05) is 32.0 Å². The molecule has 5 nitrogen and oxygen atoms in total. The van der Waals surface area contributed by atoms with Crippen LogP contribution < -0.4 is 11.2 Å². The van der Waals surface area contributed by atoms with Crippen molar-refractivity contribution in [2.75, 3.05) is 5.73 Å². The number of carbonyl (C=O) groups is 1. The van der Waals surface area contributed by atoms with E-state index < -0.39 is 5.91 Å². The number of anilines is 1. The molecule has 3 N–H and O–H groups in total. The van der Waals surface area contributed by atoms with Gasteiger partial charge in [-0.3, -0.25) is 4.79 Å². The summed E-state index contributed by atoms with van der Waals surface area (Å²) in [5.74, 6) is -0.631. The smallest absolute Gasteiger partial charge is 0.291 e. The number of pyridine rings is 1. The Kier molecular flexibility index (Phi) is 5.70. The predicted molar refractivity (Wildman–Crippen MR) is 99.3 cm³/mol. The molecular formula is C16H15Cl3N4O. The maximum Gasteiger partial charge on any atom is 0.291 e. The van der Waals surface area contributed by atoms with Crippen LogP contribution in [0.4, 0.5) is 5.69 Å². The van der Waals surface area contributed by atoms with E-state index in [9.17, 15) is 4.79 Å². The number of aryl methyl sites for hydroxylation is 2. The van der Waals surface area contributed by atoms with Crippen LogP contribution in [0, 0.1) is 13.8 Å². The van der Waals surface area contributed by atoms with Gasteiger partial charge >= 0.3 is 0 Å². The largest absolute Gasteiger partial charge is 0.396 e. The molecule has 2 aromatic rings. The fourth-order valence-corrected chi connectivity index (χ4v) is 2.49. The third kappa shape index (κ3) is 3.80. The monoisotopic (exact) mass is 384 g/mol. The molecule has 24 heavy (non-hydrogen) atoms. The third-order valence-corrected chi connectivity index (χ3v) is 4.67. The van der Waals surface area contributed by atoms with Crippen LogP contribution in [0.15, 0.2) is 23.3 Å². The van der Waals surface area contributed by atoms with E-state index in [0.29, 0.717) is 5.71 Å². The average Bonchev–Trinajstić information content (AvgIpc) is 2.56. The van der Waals surface area contributed by atoms with E-state index in [1.54, 1.807) is 6.92 Å². The van der Waals surface area contributed by atoms with Gasteiger partial charge in [-0.1, -0.05) is 46.9 Å². The molecule has 0 aliphatic rings. The third-order valence-electron chi connectivity index (χ3n) is 3.54. The van der Waals surface area contributed by atoms with Crippen LogP contribution in [0.5, 0.6) is 0 Å². The Balaban J connectivity index is 2.25. The molecule has 0 fully saturated rings. The first-order valence-corrected chi connectivity index (χ1v) is 8.08. The van der Waals surface area contributed by atoms with Crippen molar-refractivity contribution in [3.8, 4) is 0 Å². The minimum atomic E-state index is -0.631. The quantitative estimate of drug-likeness (QED) is 0.467. The molecule has 0 aliphatic heterocycles. The first kappa shape index (κ1) is 18.5. The highest BCUT2D eigenvalue weighted by Gasteiger charge is 2.19. The van der Waals surface area contributed by atoms with E-state index in [1.165, 1.54) is 5.56 Å². The van der Waals surface area contributed by atoms with Crippen molar-refractivity contribution in [1.82, 2.24) is 10.4 Å². The van der Waals surface area contributed by atoms with Crippen molar-refractivity contribution in [3.05, 3.63) is 55.8 Å². The number of nitrogens with two attached hydrogens (primary N) is 1. The molecule has 0 aliphatic carbocycles. The summed E-state index contributed by atoms with van der Waals surface area (Å²) in [6.07, 6.45) is 0. The second-order valence-electron chi connectivity index (χ2n) is 5.23. The van der Waals surface area contributed by atoms with Crippen LogP contribution in [0.3, 0.4) is 0 Å². The lowest BCUT2D eigenvalue weighted by Gasteiger charge is -2.09. The predicted octanol–water partition coefficient (Wildman–Crippen LogP) is 4.39. The molecule has 1 aromatic carbocycles. The lowest BCUT2D eigenvalue weighted by molar-refractivity contribution is 0.0950. The van der Waals surface area contributed by atoms with Crippen LogP contribution in [0.1, 0.15) is 34.1 Å². The van der Waals surface area contributed by atoms with Crippen LogP contribution in [-0.2, 0) is 0 Å². The average molecular weight is 386 g/mol. The summed E-state index contributed by atoms with van der Waals surface area (Å²) in [4.78, 5) is 16.1. The molecule has 1 aromatic heterocycles. The lowest BCUT2D eigenvalue weighted by Crippen LogP contribution is -2.21. The second-order valence-corrected chi connectivity index (χ2v) is 6.34. The number of carbonyl (C=O) groups excluding carboxylic acids is 1. The molecule has 0 spiro atoms. The van der Waals surface area contributed by atoms with Crippen LogP contribution in [0.25, 0.3) is 0 Å². The van der Waals surface area contributed by atoms with Crippen molar-refractivity contribution >= 4 is 52.1 Å². The molecule has 0 saturated carbocycles. The van der Waals surface area contributed by atoms with Crippen LogP contribution in [0.2, 0.25) is 15.2 Å². The van der Waals surface area contributed by atoms with Crippen molar-refractivity contribution in [1.29, 1.82) is 0 Å². The van der Waals surface area contributed by atoms with Crippen LogP contribution in [-0.4, -0.2) is 16.6 Å². The van der Waals surface area contributed by atoms with E-state index >= 15 is 0 Å². The van der Waals surface area contributed by atoms with Gasteiger partial charge in [-0.2, -0.15) is 5.10 Å². The van der Waals surface area contributed by atoms with E-state index in [0.717, 1.165) is 11.1 Å². The normalized spacial score (nSPS) is 11.5. The highest BCUT2D eigenvalue weighted by molar-refractivity contribution is 6.46. The number of amides is 1. The fraction of sp³-hybridized carbons (Fsp3) is 0.188. The number of hydrogen-bond donors (Lipinski definition) is 2. The van der Waals surface area contributed by atoms with Crippen molar-refractivity contribution in [2.24, 2.45) is 5.10 Å². The molecule has 1 heterocycles. The molecule has 0 radical (unpaired) electrons. The summed E-state index contributed by atoms with van der Waals surface area (Å²) in [5, 5.41) is 3.91. The van der Waals surface area contributed by atoms with Gasteiger partial charge in [-0.15, -0.1) is 0 Å². The lowest BCUT2D eigenvalue weighted by atomic mass is 10.0. The molecule has 0 saturated heterocycles. The number of nitrogens with zero attached hydrogens (tertiary/aromatic N) is 2. The molecule has 0 atom stereocenters. The van der Waals surface area contributed by atoms with Crippen molar-refractivity contribution in [3.63, 3.8) is 0 Å². The number of hydrogen-bond acceptors (Lipinski definition) is 4. The molecule has 8 heteroatoms. The van der Waals surface area contributed by atoms with Gasteiger partial charge in [0.25, 0.3) is 5.91 Å². The Labute approximate surface area is 154 Å². The molecule has 0 unspecified atom stereocenters. The summed E-state index contributed by atoms with van der Waals surface area (Å²) in [7, 11) is 0. The Morgan fingerprint density at radius 3 is 2.46 bits per heavy atom. The number of nitrogen functional groups attached to an aromatic ring is 1. The van der Waals surface area contributed by atoms with Gasteiger partial charge in [0, 0.05) is 0 Å². The standard InChI is InChI=1S/C16H15Cl3N4O/c1-7-4-5-10(6-8(7)2)9(3)22-23-16(24)14-11(17)13(20)12(18)15(19)21-14/h4-6H,1-3H3,(H2,20,21)(H,23,24). The Hall–Kier alpha value is -1.82. The minimum absolute atomic E-state index is 0.00153. The number of halogens is 3. The number of rotatable bonds is 3. The van der Waals surface area contributed by atoms with E-state index in [4.69, 9.17) is 40.5 Å². The first-order chi connectivity index (χ1) is 11.2. The zero-order valence-corrected chi connectivity index (χ0v) is 15.5. The Morgan fingerprint density at radius 2 is 1.83 bits per heavy atom. The van der Waals surface area contributed by atoms with Crippen molar-refractivity contribution < 1.29 is 4.79 Å². The van der Waals surface area contributed by atoms with Gasteiger partial charge in [0.05, 0.1) is 16.4 Å². The molecule has 126 valence electrons. The topological polar surface area (TPSA) is 80.4 Å². The molecule has 1 amide bonds. The number of nitrogens with one attached hydrogen (secondary N) is 1. The maximum atomic E-state index is 12.2. The molecule has 0 bridgehead atoms. The minimum Gasteiger partial charge on any atom is -0.396 e. The summed E-state index contributed by atoms with van der Waals surface area (Å²) in [6, 6.07) is 5.90. The Morgan fingerprint density at radius 1 is 1.17 bits per heavy atom. The molecular weight excluding hydrogens is 371 g/mol. The van der Waals surface area contributed by atoms with Gasteiger partial charge in [0.2, 0.25) is 0 Å². The summed E-state index contributed by atoms with van der Waals surface area (Å²) in [6.45, 7) is 5.81. The molecule has 2 rings (SSSR count). The maximum absolute atomic E-state index is 12.2. The second kappa shape index (κ2) is 7.38. The van der Waals surface area contributed by atoms with Gasteiger partial charge in [-0.25, -0.2) is 10.4 Å². The van der Waals surface area contributed by atoms with Crippen LogP contribution >= 0.6 is 34.8 Å². The number of aromatic nitrogens is 1. The number of benzene rings is 1. The van der Waals surface area contributed by atoms with E-state index in [-0.39, 0.29) is 26.6 Å². The highest BCUT2D eigenvalue weighted by atomic mass is 35.5. The number of hydrazone groups is 1. The first-order valence-electron chi connectivity index (χ1n) is 6.94. The summed E-state index contributed by atoms with van der Waals surface area (Å²) >= 11 is 17.7. The fourth-order valence-electron chi connectivity index (χ4n) is 1.90.